The number of nitrogens with one attached hydrogen (secondary N) is 1. The Morgan fingerprint density at radius 1 is 1.10 bits per heavy atom. The highest BCUT2D eigenvalue weighted by Gasteiger charge is 2.37. The highest BCUT2D eigenvalue weighted by molar-refractivity contribution is 5.87. The van der Waals surface area contributed by atoms with E-state index in [1.807, 2.05) is 12.1 Å². The van der Waals surface area contributed by atoms with E-state index in [9.17, 15) is 4.79 Å². The summed E-state index contributed by atoms with van der Waals surface area (Å²) in [5, 5.41) is 12.3. The third-order valence-electron chi connectivity index (χ3n) is 4.09. The molecule has 2 N–H and O–H groups in total. The van der Waals surface area contributed by atoms with Gasteiger partial charge in [-0.15, -0.1) is 0 Å². The first kappa shape index (κ1) is 13.8. The van der Waals surface area contributed by atoms with Crippen molar-refractivity contribution in [1.29, 1.82) is 0 Å². The van der Waals surface area contributed by atoms with Crippen LogP contribution in [-0.4, -0.2) is 17.6 Å². The summed E-state index contributed by atoms with van der Waals surface area (Å²) in [5.74, 6) is 0.553. The molecule has 0 radical (unpaired) electrons. The van der Waals surface area contributed by atoms with E-state index in [1.54, 1.807) is 12.1 Å². The molecule has 0 bridgehead atoms. The molecule has 2 aromatic carbocycles. The van der Waals surface area contributed by atoms with Gasteiger partial charge in [0.15, 0.2) is 0 Å². The van der Waals surface area contributed by atoms with Gasteiger partial charge in [0.05, 0.1) is 5.56 Å². The number of benzene rings is 2. The van der Waals surface area contributed by atoms with Gasteiger partial charge in [-0.2, -0.15) is 0 Å². The molecular formula is C18H19NO2. The van der Waals surface area contributed by atoms with Crippen LogP contribution in [0.4, 0.5) is 0 Å². The molecule has 21 heavy (non-hydrogen) atoms. The number of rotatable bonds is 6. The van der Waals surface area contributed by atoms with Gasteiger partial charge in [-0.3, -0.25) is 0 Å². The Hall–Kier alpha value is -2.13. The van der Waals surface area contributed by atoms with Crippen molar-refractivity contribution < 1.29 is 9.90 Å². The highest BCUT2D eigenvalue weighted by atomic mass is 16.4. The molecule has 0 amide bonds. The second-order valence-electron chi connectivity index (χ2n) is 5.65. The van der Waals surface area contributed by atoms with E-state index in [1.165, 1.54) is 12.0 Å². The van der Waals surface area contributed by atoms with Crippen molar-refractivity contribution in [2.45, 2.75) is 18.9 Å². The van der Waals surface area contributed by atoms with Gasteiger partial charge in [-0.1, -0.05) is 42.5 Å². The fourth-order valence-electron chi connectivity index (χ4n) is 2.75. The van der Waals surface area contributed by atoms with E-state index < -0.39 is 5.97 Å². The molecule has 0 saturated heterocycles. The largest absolute Gasteiger partial charge is 0.478 e. The Morgan fingerprint density at radius 3 is 2.48 bits per heavy atom. The predicted octanol–water partition coefficient (Wildman–Crippen LogP) is 3.28. The lowest BCUT2D eigenvalue weighted by molar-refractivity contribution is 0.0697. The zero-order valence-corrected chi connectivity index (χ0v) is 11.8. The Balaban J connectivity index is 1.44. The van der Waals surface area contributed by atoms with Gasteiger partial charge in [0.1, 0.15) is 0 Å². The monoisotopic (exact) mass is 281 g/mol. The molecule has 0 spiro atoms. The van der Waals surface area contributed by atoms with Crippen LogP contribution >= 0.6 is 0 Å². The molecule has 2 atom stereocenters. The van der Waals surface area contributed by atoms with Gasteiger partial charge >= 0.3 is 5.97 Å². The molecule has 3 nitrogen and oxygen atoms in total. The standard InChI is InChI=1S/C18H19NO2/c20-18(21)15-8-6-13(7-9-15)11-19-12-16-10-17(16)14-4-2-1-3-5-14/h1-9,16-17,19H,10-12H2,(H,20,21)/t16-,17-/m0/s1. The molecule has 1 aliphatic carbocycles. The number of aromatic carboxylic acids is 1. The van der Waals surface area contributed by atoms with Gasteiger partial charge in [0.2, 0.25) is 0 Å². The molecule has 2 aromatic rings. The molecule has 3 heteroatoms. The molecule has 1 fully saturated rings. The maximum Gasteiger partial charge on any atom is 0.335 e. The summed E-state index contributed by atoms with van der Waals surface area (Å²) in [6.07, 6.45) is 1.26. The van der Waals surface area contributed by atoms with Crippen molar-refractivity contribution >= 4 is 5.97 Å². The fraction of sp³-hybridized carbons (Fsp3) is 0.278. The number of hydrogen-bond donors (Lipinski definition) is 2. The van der Waals surface area contributed by atoms with Crippen molar-refractivity contribution in [1.82, 2.24) is 5.32 Å². The number of carboxylic acid groups (broad SMARTS) is 1. The molecule has 108 valence electrons. The number of hydrogen-bond acceptors (Lipinski definition) is 2. The van der Waals surface area contributed by atoms with Crippen molar-refractivity contribution in [2.75, 3.05) is 6.54 Å². The van der Waals surface area contributed by atoms with Gasteiger partial charge in [-0.25, -0.2) is 4.79 Å². The van der Waals surface area contributed by atoms with E-state index in [2.05, 4.69) is 35.6 Å². The van der Waals surface area contributed by atoms with Gasteiger partial charge < -0.3 is 10.4 Å². The maximum absolute atomic E-state index is 10.8. The normalized spacial score (nSPS) is 20.2. The molecule has 0 aromatic heterocycles. The Morgan fingerprint density at radius 2 is 1.81 bits per heavy atom. The van der Waals surface area contributed by atoms with Crippen molar-refractivity contribution in [3.05, 3.63) is 71.3 Å². The number of carboxylic acids is 1. The smallest absolute Gasteiger partial charge is 0.335 e. The minimum Gasteiger partial charge on any atom is -0.478 e. The zero-order chi connectivity index (χ0) is 14.7. The summed E-state index contributed by atoms with van der Waals surface area (Å²) in [7, 11) is 0. The van der Waals surface area contributed by atoms with E-state index >= 15 is 0 Å². The molecule has 0 aliphatic heterocycles. The maximum atomic E-state index is 10.8. The molecule has 0 heterocycles. The fourth-order valence-corrected chi connectivity index (χ4v) is 2.75. The Bertz CT molecular complexity index is 607. The Kier molecular flexibility index (Phi) is 4.02. The summed E-state index contributed by atoms with van der Waals surface area (Å²) in [6.45, 7) is 1.80. The first-order valence-electron chi connectivity index (χ1n) is 7.32. The van der Waals surface area contributed by atoms with Gasteiger partial charge in [0.25, 0.3) is 0 Å². The quantitative estimate of drug-likeness (QED) is 0.854. The van der Waals surface area contributed by atoms with Crippen LogP contribution in [0.5, 0.6) is 0 Å². The third kappa shape index (κ3) is 3.50. The van der Waals surface area contributed by atoms with E-state index in [0.717, 1.165) is 24.6 Å². The first-order valence-corrected chi connectivity index (χ1v) is 7.32. The van der Waals surface area contributed by atoms with E-state index in [-0.39, 0.29) is 0 Å². The van der Waals surface area contributed by atoms with Crippen LogP contribution in [0.2, 0.25) is 0 Å². The minimum absolute atomic E-state index is 0.338. The van der Waals surface area contributed by atoms with Crippen molar-refractivity contribution in [3.63, 3.8) is 0 Å². The average Bonchev–Trinajstić information content (AvgIpc) is 3.28. The van der Waals surface area contributed by atoms with Crippen molar-refractivity contribution in [3.8, 4) is 0 Å². The summed E-state index contributed by atoms with van der Waals surface area (Å²) >= 11 is 0. The summed E-state index contributed by atoms with van der Waals surface area (Å²) in [4.78, 5) is 10.8. The van der Waals surface area contributed by atoms with Crippen LogP contribution in [0, 0.1) is 5.92 Å². The summed E-state index contributed by atoms with van der Waals surface area (Å²) in [5.41, 5.74) is 2.90. The third-order valence-corrected chi connectivity index (χ3v) is 4.09. The second-order valence-corrected chi connectivity index (χ2v) is 5.65. The average molecular weight is 281 g/mol. The molecule has 1 saturated carbocycles. The second kappa shape index (κ2) is 6.10. The van der Waals surface area contributed by atoms with Gasteiger partial charge in [0, 0.05) is 6.54 Å². The van der Waals surface area contributed by atoms with Crippen LogP contribution in [0.1, 0.15) is 33.8 Å². The summed E-state index contributed by atoms with van der Waals surface area (Å²) < 4.78 is 0. The molecule has 3 rings (SSSR count). The van der Waals surface area contributed by atoms with Crippen LogP contribution < -0.4 is 5.32 Å². The molecular weight excluding hydrogens is 262 g/mol. The van der Waals surface area contributed by atoms with E-state index in [0.29, 0.717) is 11.5 Å². The zero-order valence-electron chi connectivity index (χ0n) is 11.8. The first-order chi connectivity index (χ1) is 10.2. The topological polar surface area (TPSA) is 49.3 Å². The van der Waals surface area contributed by atoms with Crippen LogP contribution in [0.3, 0.4) is 0 Å². The lowest BCUT2D eigenvalue weighted by atomic mass is 10.1. The summed E-state index contributed by atoms with van der Waals surface area (Å²) in [6, 6.07) is 17.7. The van der Waals surface area contributed by atoms with Crippen LogP contribution in [-0.2, 0) is 6.54 Å². The molecule has 0 unspecified atom stereocenters. The lowest BCUT2D eigenvalue weighted by Gasteiger charge is -2.05. The minimum atomic E-state index is -0.877. The highest BCUT2D eigenvalue weighted by Crippen LogP contribution is 2.46. The Labute approximate surface area is 124 Å². The SMILES string of the molecule is O=C(O)c1ccc(CNC[C@@H]2C[C@H]2c2ccccc2)cc1. The predicted molar refractivity (Wildman–Crippen MR) is 82.4 cm³/mol. The van der Waals surface area contributed by atoms with Gasteiger partial charge in [-0.05, 0) is 48.1 Å². The number of carbonyl (C=O) groups is 1. The van der Waals surface area contributed by atoms with Crippen LogP contribution in [0.25, 0.3) is 0 Å². The molecule has 1 aliphatic rings. The van der Waals surface area contributed by atoms with Crippen molar-refractivity contribution in [2.24, 2.45) is 5.92 Å². The van der Waals surface area contributed by atoms with E-state index in [4.69, 9.17) is 5.11 Å². The van der Waals surface area contributed by atoms with Crippen LogP contribution in [0.15, 0.2) is 54.6 Å². The lowest BCUT2D eigenvalue weighted by Crippen LogP contribution is -2.16.